The molecule has 0 bridgehead atoms. The van der Waals surface area contributed by atoms with E-state index in [4.69, 9.17) is 9.63 Å². The van der Waals surface area contributed by atoms with Gasteiger partial charge in [-0.2, -0.15) is 0 Å². The van der Waals surface area contributed by atoms with Crippen molar-refractivity contribution in [3.8, 4) is 0 Å². The fraction of sp³-hybridized carbons (Fsp3) is 0.333. The molecule has 0 aliphatic rings. The van der Waals surface area contributed by atoms with Crippen molar-refractivity contribution in [3.63, 3.8) is 0 Å². The van der Waals surface area contributed by atoms with E-state index in [1.165, 1.54) is 11.3 Å². The Kier molecular flexibility index (Phi) is 3.38. The predicted molar refractivity (Wildman–Crippen MR) is 69.4 cm³/mol. The van der Waals surface area contributed by atoms with Crippen LogP contribution in [0.3, 0.4) is 0 Å². The molecule has 0 fully saturated rings. The smallest absolute Gasteiger partial charge is 0.346 e. The minimum atomic E-state index is -0.882. The van der Waals surface area contributed by atoms with Gasteiger partial charge < -0.3 is 14.5 Å². The number of thiophene rings is 1. The van der Waals surface area contributed by atoms with E-state index in [0.29, 0.717) is 11.4 Å². The summed E-state index contributed by atoms with van der Waals surface area (Å²) in [6.45, 7) is 4.24. The van der Waals surface area contributed by atoms with Crippen LogP contribution in [0.5, 0.6) is 0 Å². The second-order valence-corrected chi connectivity index (χ2v) is 5.03. The molecule has 0 aliphatic carbocycles. The molecule has 2 rings (SSSR count). The fourth-order valence-corrected chi connectivity index (χ4v) is 2.76. The molecule has 0 aliphatic heterocycles. The standard InChI is InChI=1S/C12H14N2O3S/c1-7-10(8(2)17-13-7)14(3)6-9-4-5-18-11(9)12(15)16/h4-5H,6H2,1-3H3,(H,15,16). The molecule has 0 radical (unpaired) electrons. The van der Waals surface area contributed by atoms with Crippen molar-refractivity contribution >= 4 is 23.0 Å². The SMILES string of the molecule is Cc1noc(C)c1N(C)Cc1ccsc1C(=O)O. The summed E-state index contributed by atoms with van der Waals surface area (Å²) >= 11 is 1.24. The lowest BCUT2D eigenvalue weighted by molar-refractivity contribution is 0.0701. The van der Waals surface area contributed by atoms with E-state index in [0.717, 1.165) is 22.7 Å². The number of aromatic nitrogens is 1. The zero-order chi connectivity index (χ0) is 13.3. The highest BCUT2D eigenvalue weighted by atomic mass is 32.1. The van der Waals surface area contributed by atoms with Gasteiger partial charge in [0, 0.05) is 13.6 Å². The minimum Gasteiger partial charge on any atom is -0.477 e. The number of carboxylic acid groups (broad SMARTS) is 1. The Hall–Kier alpha value is -1.82. The van der Waals surface area contributed by atoms with Crippen molar-refractivity contribution in [1.82, 2.24) is 5.16 Å². The van der Waals surface area contributed by atoms with E-state index in [1.54, 1.807) is 5.38 Å². The quantitative estimate of drug-likeness (QED) is 0.921. The third-order valence-corrected chi connectivity index (χ3v) is 3.67. The first-order valence-corrected chi connectivity index (χ1v) is 6.32. The number of nitrogens with zero attached hydrogens (tertiary/aromatic N) is 2. The van der Waals surface area contributed by atoms with Crippen LogP contribution in [0.4, 0.5) is 5.69 Å². The van der Waals surface area contributed by atoms with Crippen LogP contribution in [0.25, 0.3) is 0 Å². The lowest BCUT2D eigenvalue weighted by atomic mass is 10.2. The first-order valence-electron chi connectivity index (χ1n) is 5.44. The number of anilines is 1. The Morgan fingerprint density at radius 2 is 2.28 bits per heavy atom. The maximum atomic E-state index is 11.0. The third-order valence-electron chi connectivity index (χ3n) is 2.73. The van der Waals surface area contributed by atoms with Crippen LogP contribution in [0.2, 0.25) is 0 Å². The van der Waals surface area contributed by atoms with Crippen molar-refractivity contribution in [2.24, 2.45) is 0 Å². The van der Waals surface area contributed by atoms with Crippen molar-refractivity contribution in [2.45, 2.75) is 20.4 Å². The molecule has 96 valence electrons. The summed E-state index contributed by atoms with van der Waals surface area (Å²) in [6, 6.07) is 1.84. The van der Waals surface area contributed by atoms with Crippen LogP contribution < -0.4 is 4.90 Å². The molecule has 0 aromatic carbocycles. The van der Waals surface area contributed by atoms with Crippen LogP contribution in [-0.2, 0) is 6.54 Å². The summed E-state index contributed by atoms with van der Waals surface area (Å²) in [4.78, 5) is 13.4. The van der Waals surface area contributed by atoms with Gasteiger partial charge in [-0.15, -0.1) is 11.3 Å². The fourth-order valence-electron chi connectivity index (χ4n) is 2.01. The maximum Gasteiger partial charge on any atom is 0.346 e. The summed E-state index contributed by atoms with van der Waals surface area (Å²) in [5.74, 6) is -0.144. The summed E-state index contributed by atoms with van der Waals surface area (Å²) in [5.41, 5.74) is 2.52. The van der Waals surface area contributed by atoms with Gasteiger partial charge in [0.15, 0.2) is 5.76 Å². The van der Waals surface area contributed by atoms with Gasteiger partial charge in [0.05, 0.1) is 0 Å². The number of carboxylic acids is 1. The Morgan fingerprint density at radius 1 is 1.56 bits per heavy atom. The molecule has 1 N–H and O–H groups in total. The molecule has 18 heavy (non-hydrogen) atoms. The van der Waals surface area contributed by atoms with Gasteiger partial charge in [0.25, 0.3) is 0 Å². The summed E-state index contributed by atoms with van der Waals surface area (Å²) in [6.07, 6.45) is 0. The topological polar surface area (TPSA) is 66.6 Å². The third kappa shape index (κ3) is 2.24. The average molecular weight is 266 g/mol. The molecule has 2 aromatic heterocycles. The monoisotopic (exact) mass is 266 g/mol. The van der Waals surface area contributed by atoms with Gasteiger partial charge >= 0.3 is 5.97 Å². The van der Waals surface area contributed by atoms with Crippen molar-refractivity contribution in [3.05, 3.63) is 33.3 Å². The van der Waals surface area contributed by atoms with Gasteiger partial charge in [0.2, 0.25) is 0 Å². The van der Waals surface area contributed by atoms with Crippen molar-refractivity contribution in [2.75, 3.05) is 11.9 Å². The molecule has 2 heterocycles. The molecular formula is C12H14N2O3S. The van der Waals surface area contributed by atoms with E-state index < -0.39 is 5.97 Å². The minimum absolute atomic E-state index is 0.383. The van der Waals surface area contributed by atoms with Crippen LogP contribution in [0.1, 0.15) is 26.7 Å². The van der Waals surface area contributed by atoms with Gasteiger partial charge in [0.1, 0.15) is 16.3 Å². The van der Waals surface area contributed by atoms with E-state index in [9.17, 15) is 4.79 Å². The van der Waals surface area contributed by atoms with Crippen LogP contribution in [-0.4, -0.2) is 23.3 Å². The Bertz CT molecular complexity index is 554. The normalized spacial score (nSPS) is 10.6. The number of aryl methyl sites for hydroxylation is 2. The number of rotatable bonds is 4. The zero-order valence-electron chi connectivity index (χ0n) is 10.4. The first kappa shape index (κ1) is 12.6. The molecule has 0 saturated carbocycles. The van der Waals surface area contributed by atoms with Gasteiger partial charge in [-0.05, 0) is 30.9 Å². The second-order valence-electron chi connectivity index (χ2n) is 4.11. The van der Waals surface area contributed by atoms with Gasteiger partial charge in [-0.1, -0.05) is 5.16 Å². The van der Waals surface area contributed by atoms with E-state index in [-0.39, 0.29) is 0 Å². The van der Waals surface area contributed by atoms with Crippen molar-refractivity contribution in [1.29, 1.82) is 0 Å². The molecular weight excluding hydrogens is 252 g/mol. The van der Waals surface area contributed by atoms with Gasteiger partial charge in [-0.3, -0.25) is 0 Å². The second kappa shape index (κ2) is 4.81. The first-order chi connectivity index (χ1) is 8.50. The number of hydrogen-bond acceptors (Lipinski definition) is 5. The molecule has 2 aromatic rings. The largest absolute Gasteiger partial charge is 0.477 e. The Labute approximate surface area is 109 Å². The number of hydrogen-bond donors (Lipinski definition) is 1. The molecule has 5 nitrogen and oxygen atoms in total. The highest BCUT2D eigenvalue weighted by molar-refractivity contribution is 7.12. The summed E-state index contributed by atoms with van der Waals surface area (Å²) in [5, 5.41) is 14.8. The lowest BCUT2D eigenvalue weighted by Crippen LogP contribution is -2.18. The Morgan fingerprint density at radius 3 is 2.83 bits per heavy atom. The summed E-state index contributed by atoms with van der Waals surface area (Å²) < 4.78 is 5.11. The lowest BCUT2D eigenvalue weighted by Gasteiger charge is -2.18. The Balaban J connectivity index is 2.24. The highest BCUT2D eigenvalue weighted by Crippen LogP contribution is 2.26. The maximum absolute atomic E-state index is 11.0. The van der Waals surface area contributed by atoms with Crippen LogP contribution >= 0.6 is 11.3 Å². The van der Waals surface area contributed by atoms with E-state index in [2.05, 4.69) is 5.16 Å². The van der Waals surface area contributed by atoms with E-state index in [1.807, 2.05) is 31.9 Å². The number of carbonyl (C=O) groups is 1. The summed E-state index contributed by atoms with van der Waals surface area (Å²) in [7, 11) is 1.90. The molecule has 0 amide bonds. The van der Waals surface area contributed by atoms with E-state index >= 15 is 0 Å². The molecule has 0 unspecified atom stereocenters. The zero-order valence-corrected chi connectivity index (χ0v) is 11.2. The molecule has 0 saturated heterocycles. The van der Waals surface area contributed by atoms with Crippen LogP contribution in [0.15, 0.2) is 16.0 Å². The highest BCUT2D eigenvalue weighted by Gasteiger charge is 2.17. The molecule has 0 atom stereocenters. The van der Waals surface area contributed by atoms with Crippen LogP contribution in [0, 0.1) is 13.8 Å². The van der Waals surface area contributed by atoms with Gasteiger partial charge in [-0.25, -0.2) is 4.79 Å². The predicted octanol–water partition coefficient (Wildman–Crippen LogP) is 2.69. The molecule has 0 spiro atoms. The molecule has 6 heteroatoms. The van der Waals surface area contributed by atoms with Crippen molar-refractivity contribution < 1.29 is 14.4 Å². The number of aromatic carboxylic acids is 1. The average Bonchev–Trinajstić information content (AvgIpc) is 2.86.